The summed E-state index contributed by atoms with van der Waals surface area (Å²) in [5.74, 6) is 0.529. The van der Waals surface area contributed by atoms with E-state index < -0.39 is 6.10 Å². The van der Waals surface area contributed by atoms with Gasteiger partial charge in [-0.25, -0.2) is 9.97 Å². The molecule has 1 unspecified atom stereocenters. The van der Waals surface area contributed by atoms with E-state index in [0.717, 1.165) is 46.2 Å². The Bertz CT molecular complexity index is 2190. The lowest BCUT2D eigenvalue weighted by atomic mass is 9.97. The quantitative estimate of drug-likeness (QED) is 0.142. The number of rotatable bonds is 11. The molecule has 2 aliphatic rings. The molecule has 0 spiro atoms. The average Bonchev–Trinajstić information content (AvgIpc) is 3.57. The van der Waals surface area contributed by atoms with E-state index >= 15 is 0 Å². The van der Waals surface area contributed by atoms with E-state index in [1.54, 1.807) is 17.7 Å². The van der Waals surface area contributed by atoms with Gasteiger partial charge in [0.05, 0.1) is 41.1 Å². The van der Waals surface area contributed by atoms with Crippen LogP contribution in [0.3, 0.4) is 0 Å². The number of nitrogens with zero attached hydrogens (tertiary/aromatic N) is 3. The van der Waals surface area contributed by atoms with Gasteiger partial charge in [0.25, 0.3) is 5.56 Å². The highest BCUT2D eigenvalue weighted by Crippen LogP contribution is 2.42. The van der Waals surface area contributed by atoms with Gasteiger partial charge in [0, 0.05) is 84.5 Å². The summed E-state index contributed by atoms with van der Waals surface area (Å²) in [6.07, 6.45) is 3.20. The highest BCUT2D eigenvalue weighted by atomic mass is 35.5. The number of ether oxygens (including phenoxy) is 2. The molecule has 0 radical (unpaired) electrons. The maximum absolute atomic E-state index is 13.5. The molecule has 5 aromatic rings. The molecule has 3 atom stereocenters. The maximum Gasteiger partial charge on any atom is 0.262 e. The van der Waals surface area contributed by atoms with Crippen molar-refractivity contribution in [2.75, 3.05) is 26.9 Å². The zero-order valence-corrected chi connectivity index (χ0v) is 30.4. The summed E-state index contributed by atoms with van der Waals surface area (Å²) in [6, 6.07) is 19.1. The van der Waals surface area contributed by atoms with E-state index in [1.807, 2.05) is 67.6 Å². The Balaban J connectivity index is 1.13. The number of nitrogens with one attached hydrogen (secondary N) is 3. The molecule has 4 N–H and O–H groups in total. The van der Waals surface area contributed by atoms with E-state index in [4.69, 9.17) is 42.6 Å². The fourth-order valence-electron chi connectivity index (χ4n) is 6.89. The molecular weight excluding hydrogens is 703 g/mol. The zero-order chi connectivity index (χ0) is 36.4. The van der Waals surface area contributed by atoms with Crippen LogP contribution in [0.25, 0.3) is 39.2 Å². The first-order valence-corrected chi connectivity index (χ1v) is 18.1. The molecule has 2 saturated heterocycles. The number of aromatic nitrogens is 3. The molecule has 2 fully saturated rings. The number of methoxy groups -OCH3 is 1. The standard InChI is InChI=1S/C39H40Cl2N6O5/c1-22-30(20-42-19-25-10-12-35(49)45-25)39(50)47-15-13-23(17-34(47)44-22)26-5-3-6-27(36(26)40)28-7-4-8-29(37(28)41)31-11-9-24(38(46-31)51-2)18-43-32-14-16-52-21-33(32)48/h3-9,11,13,15,17,25,32-33,42-43,48H,10,12,14,16,18-21H2,1-2H3,(H,45,49)/t25?,32-,33+/m1/s1. The molecular formula is C39H40Cl2N6O5. The largest absolute Gasteiger partial charge is 0.481 e. The molecule has 270 valence electrons. The number of pyridine rings is 2. The van der Waals surface area contributed by atoms with Gasteiger partial charge in [-0.1, -0.05) is 65.7 Å². The maximum atomic E-state index is 13.5. The van der Waals surface area contributed by atoms with Crippen molar-refractivity contribution in [3.63, 3.8) is 0 Å². The number of aliphatic hydroxyl groups excluding tert-OH is 1. The average molecular weight is 744 g/mol. The summed E-state index contributed by atoms with van der Waals surface area (Å²) in [7, 11) is 1.58. The van der Waals surface area contributed by atoms with Crippen molar-refractivity contribution in [3.8, 4) is 39.4 Å². The van der Waals surface area contributed by atoms with Gasteiger partial charge in [0.2, 0.25) is 11.8 Å². The Kier molecular flexibility index (Phi) is 10.9. The molecule has 52 heavy (non-hydrogen) atoms. The predicted octanol–water partition coefficient (Wildman–Crippen LogP) is 5.32. The number of aliphatic hydroxyl groups is 1. The van der Waals surface area contributed by atoms with Gasteiger partial charge in [-0.05, 0) is 43.5 Å². The van der Waals surface area contributed by atoms with Crippen LogP contribution in [0.4, 0.5) is 0 Å². The number of hydrogen-bond donors (Lipinski definition) is 4. The van der Waals surface area contributed by atoms with Crippen LogP contribution >= 0.6 is 23.2 Å². The van der Waals surface area contributed by atoms with Gasteiger partial charge in [-0.3, -0.25) is 14.0 Å². The van der Waals surface area contributed by atoms with E-state index in [2.05, 4.69) is 16.0 Å². The molecule has 0 aliphatic carbocycles. The molecule has 2 aliphatic heterocycles. The minimum absolute atomic E-state index is 0.0615. The number of amides is 1. The first-order valence-electron chi connectivity index (χ1n) is 17.3. The highest BCUT2D eigenvalue weighted by Gasteiger charge is 2.24. The van der Waals surface area contributed by atoms with Crippen molar-refractivity contribution < 1.29 is 19.4 Å². The smallest absolute Gasteiger partial charge is 0.262 e. The lowest BCUT2D eigenvalue weighted by Gasteiger charge is -2.28. The summed E-state index contributed by atoms with van der Waals surface area (Å²) in [5.41, 5.74) is 6.87. The number of benzene rings is 2. The summed E-state index contributed by atoms with van der Waals surface area (Å²) >= 11 is 14.2. The fourth-order valence-corrected chi connectivity index (χ4v) is 7.55. The Labute approximate surface area is 311 Å². The lowest BCUT2D eigenvalue weighted by molar-refractivity contribution is -0.119. The van der Waals surface area contributed by atoms with Gasteiger partial charge in [0.15, 0.2) is 0 Å². The van der Waals surface area contributed by atoms with Crippen LogP contribution < -0.4 is 26.2 Å². The number of halogens is 2. The molecule has 7 rings (SSSR count). The van der Waals surface area contributed by atoms with Crippen LogP contribution in [-0.2, 0) is 22.6 Å². The second-order valence-corrected chi connectivity index (χ2v) is 13.9. The number of carbonyl (C=O) groups excluding carboxylic acids is 1. The van der Waals surface area contributed by atoms with E-state index in [-0.39, 0.29) is 23.6 Å². The van der Waals surface area contributed by atoms with Crippen molar-refractivity contribution in [2.45, 2.75) is 57.5 Å². The Morgan fingerprint density at radius 2 is 1.73 bits per heavy atom. The number of hydrogen-bond acceptors (Lipinski definition) is 9. The van der Waals surface area contributed by atoms with Gasteiger partial charge >= 0.3 is 0 Å². The van der Waals surface area contributed by atoms with E-state index in [1.165, 1.54) is 0 Å². The second kappa shape index (κ2) is 15.7. The first-order chi connectivity index (χ1) is 25.2. The van der Waals surface area contributed by atoms with Gasteiger partial charge in [-0.2, -0.15) is 0 Å². The normalized spacial score (nSPS) is 18.9. The first kappa shape index (κ1) is 36.0. The van der Waals surface area contributed by atoms with E-state index in [0.29, 0.717) is 77.8 Å². The second-order valence-electron chi connectivity index (χ2n) is 13.2. The van der Waals surface area contributed by atoms with Crippen molar-refractivity contribution in [1.29, 1.82) is 0 Å². The number of fused-ring (bicyclic) bond motifs is 1. The lowest BCUT2D eigenvalue weighted by Crippen LogP contribution is -2.46. The molecule has 3 aromatic heterocycles. The fraction of sp³-hybridized carbons (Fsp3) is 0.333. The van der Waals surface area contributed by atoms with Gasteiger partial charge in [0.1, 0.15) is 5.65 Å². The molecule has 0 bridgehead atoms. The van der Waals surface area contributed by atoms with Crippen LogP contribution in [0.2, 0.25) is 10.0 Å². The summed E-state index contributed by atoms with van der Waals surface area (Å²) in [6.45, 7) is 4.18. The third kappa shape index (κ3) is 7.43. The monoisotopic (exact) mass is 742 g/mol. The van der Waals surface area contributed by atoms with Crippen LogP contribution in [0.15, 0.2) is 71.7 Å². The number of carbonyl (C=O) groups is 1. The van der Waals surface area contributed by atoms with Crippen LogP contribution in [-0.4, -0.2) is 70.4 Å². The van der Waals surface area contributed by atoms with Gasteiger partial charge in [-0.15, -0.1) is 0 Å². The van der Waals surface area contributed by atoms with Crippen molar-refractivity contribution in [3.05, 3.63) is 104 Å². The molecule has 13 heteroatoms. The molecule has 11 nitrogen and oxygen atoms in total. The predicted molar refractivity (Wildman–Crippen MR) is 202 cm³/mol. The molecule has 0 saturated carbocycles. The Hall–Kier alpha value is -4.36. The summed E-state index contributed by atoms with van der Waals surface area (Å²) in [4.78, 5) is 34.6. The van der Waals surface area contributed by atoms with Crippen LogP contribution in [0.1, 0.15) is 36.1 Å². The molecule has 5 heterocycles. The Morgan fingerprint density at radius 1 is 0.981 bits per heavy atom. The van der Waals surface area contributed by atoms with Gasteiger partial charge < -0.3 is 30.5 Å². The van der Waals surface area contributed by atoms with Crippen LogP contribution in [0, 0.1) is 6.92 Å². The number of aryl methyl sites for hydroxylation is 1. The molecule has 1 amide bonds. The van der Waals surface area contributed by atoms with Crippen molar-refractivity contribution in [2.24, 2.45) is 0 Å². The topological polar surface area (TPSA) is 139 Å². The third-order valence-corrected chi connectivity index (χ3v) is 10.6. The Morgan fingerprint density at radius 3 is 2.46 bits per heavy atom. The van der Waals surface area contributed by atoms with E-state index in [9.17, 15) is 14.7 Å². The minimum Gasteiger partial charge on any atom is -0.481 e. The third-order valence-electron chi connectivity index (χ3n) is 9.80. The SMILES string of the molecule is COc1nc(-c2cccc(-c3cccc(-c4ccn5c(=O)c(CNCC6CCC(=O)N6)c(C)nc5c4)c3Cl)c2Cl)ccc1CN[C@@H]1CCOC[C@@H]1O. The highest BCUT2D eigenvalue weighted by molar-refractivity contribution is 6.39. The van der Waals surface area contributed by atoms with Crippen LogP contribution in [0.5, 0.6) is 5.88 Å². The zero-order valence-electron chi connectivity index (χ0n) is 28.9. The molecule has 2 aromatic carbocycles. The van der Waals surface area contributed by atoms with Crippen molar-refractivity contribution in [1.82, 2.24) is 30.3 Å². The summed E-state index contributed by atoms with van der Waals surface area (Å²) in [5, 5.41) is 20.9. The summed E-state index contributed by atoms with van der Waals surface area (Å²) < 4.78 is 12.5. The minimum atomic E-state index is -0.563. The van der Waals surface area contributed by atoms with Crippen molar-refractivity contribution >= 4 is 34.8 Å².